The quantitative estimate of drug-likeness (QED) is 0.564. The van der Waals surface area contributed by atoms with Gasteiger partial charge in [-0.25, -0.2) is 4.79 Å². The van der Waals surface area contributed by atoms with Gasteiger partial charge in [0.2, 0.25) is 5.91 Å². The number of ether oxygens (including phenoxy) is 2. The summed E-state index contributed by atoms with van der Waals surface area (Å²) in [7, 11) is 0. The molecule has 2 aliphatic rings. The molecule has 0 unspecified atom stereocenters. The number of nitrogens with zero attached hydrogens (tertiary/aromatic N) is 1. The SMILES string of the molecule is CCOC(=O)c1c(C2CC2)csc1NC(=O)COC(=O)[C@@H]1CC(=O)N(Cc2ccccc2)C1. The maximum atomic E-state index is 12.5. The molecule has 2 fully saturated rings. The third-order valence-electron chi connectivity index (χ3n) is 5.68. The number of carbonyl (C=O) groups is 4. The molecule has 0 bridgehead atoms. The van der Waals surface area contributed by atoms with E-state index in [0.717, 1.165) is 24.0 Å². The van der Waals surface area contributed by atoms with Gasteiger partial charge in [0.25, 0.3) is 5.91 Å². The summed E-state index contributed by atoms with van der Waals surface area (Å²) in [6.45, 7) is 2.18. The number of rotatable bonds is 9. The summed E-state index contributed by atoms with van der Waals surface area (Å²) in [4.78, 5) is 51.2. The average Bonchev–Trinajstić information content (AvgIpc) is 3.47. The summed E-state index contributed by atoms with van der Waals surface area (Å²) in [5.41, 5.74) is 2.27. The number of carbonyl (C=O) groups excluding carboxylic acids is 4. The monoisotopic (exact) mass is 470 g/mol. The van der Waals surface area contributed by atoms with E-state index in [9.17, 15) is 19.2 Å². The van der Waals surface area contributed by atoms with Gasteiger partial charge < -0.3 is 19.7 Å². The first-order chi connectivity index (χ1) is 16.0. The zero-order valence-electron chi connectivity index (χ0n) is 18.4. The Balaban J connectivity index is 1.30. The smallest absolute Gasteiger partial charge is 0.341 e. The van der Waals surface area contributed by atoms with Gasteiger partial charge in [0.05, 0.1) is 18.1 Å². The van der Waals surface area contributed by atoms with Crippen molar-refractivity contribution < 1.29 is 28.7 Å². The minimum absolute atomic E-state index is 0.0654. The van der Waals surface area contributed by atoms with Gasteiger partial charge in [0.1, 0.15) is 5.00 Å². The largest absolute Gasteiger partial charge is 0.462 e. The minimum atomic E-state index is -0.604. The normalized spacial score (nSPS) is 17.7. The molecule has 2 heterocycles. The molecular formula is C24H26N2O6S. The number of hydrogen-bond donors (Lipinski definition) is 1. The summed E-state index contributed by atoms with van der Waals surface area (Å²) in [6.07, 6.45) is 2.08. The molecule has 4 rings (SSSR count). The highest BCUT2D eigenvalue weighted by Crippen LogP contribution is 2.46. The first-order valence-corrected chi connectivity index (χ1v) is 11.9. The summed E-state index contributed by atoms with van der Waals surface area (Å²) < 4.78 is 10.3. The van der Waals surface area contributed by atoms with Crippen LogP contribution in [0.3, 0.4) is 0 Å². The number of likely N-dealkylation sites (tertiary alicyclic amines) is 1. The Morgan fingerprint density at radius 1 is 1.15 bits per heavy atom. The standard InChI is InChI=1S/C24H26N2O6S/c1-2-31-24(30)21-18(16-8-9-16)14-33-22(21)25-19(27)13-32-23(29)17-10-20(28)26(12-17)11-15-6-4-3-5-7-15/h3-7,14,16-17H,2,8-13H2,1H3,(H,25,27)/t17-/m1/s1. The lowest BCUT2D eigenvalue weighted by atomic mass is 10.1. The van der Waals surface area contributed by atoms with Crippen LogP contribution in [-0.2, 0) is 30.4 Å². The highest BCUT2D eigenvalue weighted by molar-refractivity contribution is 7.15. The van der Waals surface area contributed by atoms with E-state index in [-0.39, 0.29) is 25.5 Å². The molecule has 1 aromatic carbocycles. The second-order valence-corrected chi connectivity index (χ2v) is 9.09. The maximum absolute atomic E-state index is 12.5. The van der Waals surface area contributed by atoms with Crippen molar-refractivity contribution in [3.8, 4) is 0 Å². The van der Waals surface area contributed by atoms with Crippen LogP contribution in [0.25, 0.3) is 0 Å². The van der Waals surface area contributed by atoms with Crippen LogP contribution in [0.1, 0.15) is 53.6 Å². The molecule has 1 aliphatic heterocycles. The molecule has 1 N–H and O–H groups in total. The van der Waals surface area contributed by atoms with E-state index in [1.807, 2.05) is 35.7 Å². The van der Waals surface area contributed by atoms with Crippen LogP contribution in [0.15, 0.2) is 35.7 Å². The van der Waals surface area contributed by atoms with Crippen LogP contribution in [0, 0.1) is 5.92 Å². The van der Waals surface area contributed by atoms with Gasteiger partial charge >= 0.3 is 11.9 Å². The molecule has 1 saturated carbocycles. The van der Waals surface area contributed by atoms with Crippen molar-refractivity contribution in [3.63, 3.8) is 0 Å². The number of benzene rings is 1. The van der Waals surface area contributed by atoms with Gasteiger partial charge in [-0.3, -0.25) is 14.4 Å². The Kier molecular flexibility index (Phi) is 7.08. The average molecular weight is 471 g/mol. The molecule has 2 aromatic rings. The molecule has 2 amide bonds. The van der Waals surface area contributed by atoms with Gasteiger partial charge in [0, 0.05) is 19.5 Å². The van der Waals surface area contributed by atoms with E-state index in [1.165, 1.54) is 11.3 Å². The predicted octanol–water partition coefficient (Wildman–Crippen LogP) is 3.33. The lowest BCUT2D eigenvalue weighted by Crippen LogP contribution is -2.28. The molecule has 9 heteroatoms. The second kappa shape index (κ2) is 10.2. The summed E-state index contributed by atoms with van der Waals surface area (Å²) in [6, 6.07) is 9.54. The van der Waals surface area contributed by atoms with E-state index in [2.05, 4.69) is 5.32 Å². The van der Waals surface area contributed by atoms with Crippen LogP contribution in [-0.4, -0.2) is 48.4 Å². The zero-order valence-corrected chi connectivity index (χ0v) is 19.2. The third kappa shape index (κ3) is 5.60. The third-order valence-corrected chi connectivity index (χ3v) is 6.59. The predicted molar refractivity (Wildman–Crippen MR) is 122 cm³/mol. The fourth-order valence-corrected chi connectivity index (χ4v) is 4.92. The first-order valence-electron chi connectivity index (χ1n) is 11.0. The number of nitrogens with one attached hydrogen (secondary N) is 1. The van der Waals surface area contributed by atoms with Gasteiger partial charge in [-0.2, -0.15) is 0 Å². The molecule has 1 aliphatic carbocycles. The van der Waals surface area contributed by atoms with E-state index in [1.54, 1.807) is 11.8 Å². The Morgan fingerprint density at radius 3 is 2.61 bits per heavy atom. The van der Waals surface area contributed by atoms with Crippen molar-refractivity contribution in [2.75, 3.05) is 25.1 Å². The summed E-state index contributed by atoms with van der Waals surface area (Å²) >= 11 is 1.26. The highest BCUT2D eigenvalue weighted by Gasteiger charge is 2.36. The minimum Gasteiger partial charge on any atom is -0.462 e. The molecule has 174 valence electrons. The van der Waals surface area contributed by atoms with Crippen molar-refractivity contribution in [3.05, 3.63) is 52.4 Å². The molecular weight excluding hydrogens is 444 g/mol. The van der Waals surface area contributed by atoms with Crippen LogP contribution in [0.2, 0.25) is 0 Å². The number of esters is 2. The topological polar surface area (TPSA) is 102 Å². The van der Waals surface area contributed by atoms with E-state index < -0.39 is 30.4 Å². The van der Waals surface area contributed by atoms with Crippen molar-refractivity contribution in [1.82, 2.24) is 4.90 Å². The summed E-state index contributed by atoms with van der Waals surface area (Å²) in [5, 5.41) is 4.95. The fourth-order valence-electron chi connectivity index (χ4n) is 3.88. The second-order valence-electron chi connectivity index (χ2n) is 8.21. The van der Waals surface area contributed by atoms with Crippen LogP contribution < -0.4 is 5.32 Å². The van der Waals surface area contributed by atoms with E-state index >= 15 is 0 Å². The fraction of sp³-hybridized carbons (Fsp3) is 0.417. The molecule has 0 spiro atoms. The Hall–Kier alpha value is -3.20. The Morgan fingerprint density at radius 2 is 1.91 bits per heavy atom. The lowest BCUT2D eigenvalue weighted by Gasteiger charge is -2.16. The van der Waals surface area contributed by atoms with Crippen LogP contribution in [0.5, 0.6) is 0 Å². The Bertz CT molecular complexity index is 1050. The Labute approximate surface area is 195 Å². The van der Waals surface area contributed by atoms with Crippen molar-refractivity contribution in [2.45, 2.75) is 38.6 Å². The molecule has 8 nitrogen and oxygen atoms in total. The maximum Gasteiger partial charge on any atom is 0.341 e. The number of thiophene rings is 1. The highest BCUT2D eigenvalue weighted by atomic mass is 32.1. The van der Waals surface area contributed by atoms with Gasteiger partial charge in [0.15, 0.2) is 6.61 Å². The molecule has 33 heavy (non-hydrogen) atoms. The van der Waals surface area contributed by atoms with Crippen molar-refractivity contribution in [1.29, 1.82) is 0 Å². The van der Waals surface area contributed by atoms with Gasteiger partial charge in [-0.1, -0.05) is 30.3 Å². The van der Waals surface area contributed by atoms with Crippen molar-refractivity contribution >= 4 is 40.1 Å². The van der Waals surface area contributed by atoms with Crippen molar-refractivity contribution in [2.24, 2.45) is 5.92 Å². The number of amides is 2. The van der Waals surface area contributed by atoms with Gasteiger partial charge in [-0.05, 0) is 42.2 Å². The number of hydrogen-bond acceptors (Lipinski definition) is 7. The van der Waals surface area contributed by atoms with Crippen LogP contribution >= 0.6 is 11.3 Å². The van der Waals surface area contributed by atoms with E-state index in [4.69, 9.17) is 9.47 Å². The molecule has 1 saturated heterocycles. The first kappa shape index (κ1) is 23.0. The van der Waals surface area contributed by atoms with Crippen LogP contribution in [0.4, 0.5) is 5.00 Å². The molecule has 0 radical (unpaired) electrons. The molecule has 1 atom stereocenters. The van der Waals surface area contributed by atoms with E-state index in [0.29, 0.717) is 23.0 Å². The van der Waals surface area contributed by atoms with Gasteiger partial charge in [-0.15, -0.1) is 11.3 Å². The zero-order chi connectivity index (χ0) is 23.4. The summed E-state index contributed by atoms with van der Waals surface area (Å²) in [5.74, 6) is -1.98. The lowest BCUT2D eigenvalue weighted by molar-refractivity contribution is -0.151. The number of anilines is 1. The molecule has 1 aromatic heterocycles.